The van der Waals surface area contributed by atoms with E-state index >= 15 is 0 Å². The fraction of sp³-hybridized carbons (Fsp3) is 0.286. The van der Waals surface area contributed by atoms with Crippen molar-refractivity contribution in [3.8, 4) is 17.1 Å². The highest BCUT2D eigenvalue weighted by Gasteiger charge is 2.18. The average Bonchev–Trinajstić information content (AvgIpc) is 3.11. The van der Waals surface area contributed by atoms with Crippen molar-refractivity contribution in [2.24, 2.45) is 0 Å². The maximum absolute atomic E-state index is 11.7. The first-order valence-corrected chi connectivity index (χ1v) is 11.0. The molecule has 0 radical (unpaired) electrons. The Labute approximate surface area is 185 Å². The third kappa shape index (κ3) is 5.53. The minimum atomic E-state index is 0.155. The minimum absolute atomic E-state index is 0.155. The second-order valence-electron chi connectivity index (χ2n) is 6.70. The molecule has 5 nitrogen and oxygen atoms in total. The molecule has 0 aliphatic carbocycles. The van der Waals surface area contributed by atoms with Gasteiger partial charge in [0.25, 0.3) is 0 Å². The van der Waals surface area contributed by atoms with Gasteiger partial charge >= 0.3 is 0 Å². The van der Waals surface area contributed by atoms with Crippen LogP contribution in [-0.4, -0.2) is 45.4 Å². The van der Waals surface area contributed by atoms with Crippen LogP contribution >= 0.6 is 35.0 Å². The summed E-state index contributed by atoms with van der Waals surface area (Å²) in [6.07, 6.45) is 2.33. The number of rotatable bonds is 8. The zero-order valence-electron chi connectivity index (χ0n) is 16.3. The number of aromatic nitrogens is 3. The number of halogens is 2. The van der Waals surface area contributed by atoms with Crippen LogP contribution in [0.15, 0.2) is 53.7 Å². The van der Waals surface area contributed by atoms with Crippen LogP contribution in [0.3, 0.4) is 0 Å². The van der Waals surface area contributed by atoms with Crippen LogP contribution in [0.2, 0.25) is 10.0 Å². The Morgan fingerprint density at radius 1 is 1.07 bits per heavy atom. The molecule has 1 amide bonds. The normalized spacial score (nSPS) is 10.9. The summed E-state index contributed by atoms with van der Waals surface area (Å²) in [5.41, 5.74) is 1.74. The highest BCUT2D eigenvalue weighted by Crippen LogP contribution is 2.33. The van der Waals surface area contributed by atoms with Crippen LogP contribution in [0.5, 0.6) is 0 Å². The lowest BCUT2D eigenvalue weighted by atomic mass is 10.2. The van der Waals surface area contributed by atoms with E-state index in [-0.39, 0.29) is 5.91 Å². The molecule has 0 spiro atoms. The summed E-state index contributed by atoms with van der Waals surface area (Å²) in [6, 6.07) is 15.3. The van der Waals surface area contributed by atoms with Gasteiger partial charge in [-0.25, -0.2) is 0 Å². The van der Waals surface area contributed by atoms with E-state index in [9.17, 15) is 4.79 Å². The van der Waals surface area contributed by atoms with Crippen LogP contribution in [0.25, 0.3) is 17.1 Å². The number of carbonyl (C=O) groups excluding carboxylic acids is 1. The second-order valence-corrected chi connectivity index (χ2v) is 8.60. The smallest absolute Gasteiger partial charge is 0.222 e. The number of thioether (sulfide) groups is 1. The van der Waals surface area contributed by atoms with Crippen LogP contribution in [0.1, 0.15) is 19.3 Å². The molecule has 0 fully saturated rings. The summed E-state index contributed by atoms with van der Waals surface area (Å²) in [5.74, 6) is 1.67. The van der Waals surface area contributed by atoms with Crippen LogP contribution in [0, 0.1) is 0 Å². The number of hydrogen-bond acceptors (Lipinski definition) is 4. The summed E-state index contributed by atoms with van der Waals surface area (Å²) in [4.78, 5) is 13.3. The molecule has 29 heavy (non-hydrogen) atoms. The first-order valence-electron chi connectivity index (χ1n) is 9.26. The Morgan fingerprint density at radius 3 is 2.52 bits per heavy atom. The van der Waals surface area contributed by atoms with Gasteiger partial charge in [0.15, 0.2) is 11.0 Å². The predicted octanol–water partition coefficient (Wildman–Crippen LogP) is 5.59. The van der Waals surface area contributed by atoms with Gasteiger partial charge in [0.2, 0.25) is 5.91 Å². The van der Waals surface area contributed by atoms with E-state index in [1.807, 2.05) is 41.0 Å². The topological polar surface area (TPSA) is 51.0 Å². The SMILES string of the molecule is CN(C)C(=O)CCCCSc1nnc(-c2ccc(Cl)cc2Cl)n1-c1ccccc1. The zero-order valence-corrected chi connectivity index (χ0v) is 18.6. The third-order valence-corrected chi connectivity index (χ3v) is 5.90. The van der Waals surface area contributed by atoms with Gasteiger partial charge in [0, 0.05) is 42.5 Å². The number of nitrogens with zero attached hydrogens (tertiary/aromatic N) is 4. The fourth-order valence-corrected chi connectivity index (χ4v) is 4.23. The molecule has 0 bridgehead atoms. The third-order valence-electron chi connectivity index (χ3n) is 4.33. The Bertz CT molecular complexity index is 976. The second kappa shape index (κ2) is 10.1. The summed E-state index contributed by atoms with van der Waals surface area (Å²) in [7, 11) is 3.56. The molecule has 0 aliphatic heterocycles. The number of benzene rings is 2. The molecule has 8 heteroatoms. The number of para-hydroxylation sites is 1. The molecule has 152 valence electrons. The van der Waals surface area contributed by atoms with E-state index in [1.165, 1.54) is 0 Å². The molecule has 2 aromatic carbocycles. The van der Waals surface area contributed by atoms with Gasteiger partial charge in [0.1, 0.15) is 0 Å². The molecule has 1 heterocycles. The quantitative estimate of drug-likeness (QED) is 0.332. The van der Waals surface area contributed by atoms with E-state index in [2.05, 4.69) is 10.2 Å². The summed E-state index contributed by atoms with van der Waals surface area (Å²) < 4.78 is 2.00. The zero-order chi connectivity index (χ0) is 20.8. The van der Waals surface area contributed by atoms with Crippen LogP contribution < -0.4 is 0 Å². The van der Waals surface area contributed by atoms with Crippen molar-refractivity contribution in [3.05, 3.63) is 58.6 Å². The Balaban J connectivity index is 1.81. The number of carbonyl (C=O) groups is 1. The van der Waals surface area contributed by atoms with E-state index in [0.29, 0.717) is 22.3 Å². The molecular formula is C21H22Cl2N4OS. The van der Waals surface area contributed by atoms with Gasteiger partial charge < -0.3 is 4.90 Å². The first-order chi connectivity index (χ1) is 14.0. The molecule has 3 aromatic rings. The van der Waals surface area contributed by atoms with Crippen molar-refractivity contribution in [3.63, 3.8) is 0 Å². The van der Waals surface area contributed by atoms with Crippen molar-refractivity contribution in [1.29, 1.82) is 0 Å². The molecule has 0 saturated carbocycles. The highest BCUT2D eigenvalue weighted by atomic mass is 35.5. The lowest BCUT2D eigenvalue weighted by Gasteiger charge is -2.12. The van der Waals surface area contributed by atoms with Crippen molar-refractivity contribution in [2.45, 2.75) is 24.4 Å². The van der Waals surface area contributed by atoms with Gasteiger partial charge in [-0.05, 0) is 43.2 Å². The molecule has 3 rings (SSSR count). The van der Waals surface area contributed by atoms with Gasteiger partial charge in [-0.3, -0.25) is 9.36 Å². The average molecular weight is 449 g/mol. The molecular weight excluding hydrogens is 427 g/mol. The maximum Gasteiger partial charge on any atom is 0.222 e. The Hall–Kier alpha value is -2.02. The van der Waals surface area contributed by atoms with Gasteiger partial charge in [0.05, 0.1) is 5.02 Å². The standard InChI is InChI=1S/C21H22Cl2N4OS/c1-26(2)19(28)10-6-7-13-29-21-25-24-20(17-12-11-15(22)14-18(17)23)27(21)16-8-4-3-5-9-16/h3-5,8-9,11-12,14H,6-7,10,13H2,1-2H3. The predicted molar refractivity (Wildman–Crippen MR) is 120 cm³/mol. The maximum atomic E-state index is 11.7. The molecule has 0 unspecified atom stereocenters. The minimum Gasteiger partial charge on any atom is -0.349 e. The lowest BCUT2D eigenvalue weighted by molar-refractivity contribution is -0.128. The van der Waals surface area contributed by atoms with Crippen molar-refractivity contribution in [1.82, 2.24) is 19.7 Å². The highest BCUT2D eigenvalue weighted by molar-refractivity contribution is 7.99. The summed E-state index contributed by atoms with van der Waals surface area (Å²) >= 11 is 14.1. The summed E-state index contributed by atoms with van der Waals surface area (Å²) in [5, 5.41) is 10.7. The summed E-state index contributed by atoms with van der Waals surface area (Å²) in [6.45, 7) is 0. The van der Waals surface area contributed by atoms with Gasteiger partial charge in [-0.1, -0.05) is 53.2 Å². The van der Waals surface area contributed by atoms with E-state index < -0.39 is 0 Å². The Kier molecular flexibility index (Phi) is 7.58. The Morgan fingerprint density at radius 2 is 1.83 bits per heavy atom. The van der Waals surface area contributed by atoms with Crippen molar-refractivity contribution in [2.75, 3.05) is 19.8 Å². The van der Waals surface area contributed by atoms with Crippen molar-refractivity contribution < 1.29 is 4.79 Å². The number of unbranched alkanes of at least 4 members (excludes halogenated alkanes) is 1. The van der Waals surface area contributed by atoms with Crippen molar-refractivity contribution >= 4 is 40.9 Å². The number of hydrogen-bond donors (Lipinski definition) is 0. The van der Waals surface area contributed by atoms with Crippen LogP contribution in [0.4, 0.5) is 0 Å². The van der Waals surface area contributed by atoms with Gasteiger partial charge in [-0.2, -0.15) is 0 Å². The lowest BCUT2D eigenvalue weighted by Crippen LogP contribution is -2.21. The van der Waals surface area contributed by atoms with E-state index in [4.69, 9.17) is 23.2 Å². The first kappa shape index (κ1) is 21.7. The molecule has 0 atom stereocenters. The van der Waals surface area contributed by atoms with E-state index in [1.54, 1.807) is 42.9 Å². The van der Waals surface area contributed by atoms with Crippen LogP contribution in [-0.2, 0) is 4.79 Å². The fourth-order valence-electron chi connectivity index (χ4n) is 2.78. The number of amides is 1. The monoisotopic (exact) mass is 448 g/mol. The molecule has 0 saturated heterocycles. The largest absolute Gasteiger partial charge is 0.349 e. The molecule has 0 aliphatic rings. The van der Waals surface area contributed by atoms with E-state index in [0.717, 1.165) is 35.0 Å². The molecule has 1 aromatic heterocycles. The molecule has 0 N–H and O–H groups in total. The van der Waals surface area contributed by atoms with Gasteiger partial charge in [-0.15, -0.1) is 10.2 Å².